The zero-order chi connectivity index (χ0) is 17.8. The maximum Gasteiger partial charge on any atom is 0.494 e. The predicted molar refractivity (Wildman–Crippen MR) is 110 cm³/mol. The van der Waals surface area contributed by atoms with E-state index in [-0.39, 0.29) is 18.3 Å². The molecule has 1 aliphatic heterocycles. The highest BCUT2D eigenvalue weighted by molar-refractivity contribution is 7.25. The molecule has 0 radical (unpaired) electrons. The lowest BCUT2D eigenvalue weighted by atomic mass is 9.78. The standard InChI is InChI=1S/C21H23BO2S/c1-6-7-14-8-10-18-16(12-14)17-13-15(9-11-19(17)25-18)22-23-20(2,3)21(4,5)24-22/h6-13H,1-5H3/b7-6+. The summed E-state index contributed by atoms with van der Waals surface area (Å²) in [5.74, 6) is 0. The van der Waals surface area contributed by atoms with Gasteiger partial charge < -0.3 is 9.31 Å². The van der Waals surface area contributed by atoms with Crippen LogP contribution in [0.5, 0.6) is 0 Å². The van der Waals surface area contributed by atoms with Gasteiger partial charge in [0.1, 0.15) is 0 Å². The average molecular weight is 350 g/mol. The molecule has 1 aromatic heterocycles. The quantitative estimate of drug-likeness (QED) is 0.577. The molecule has 4 heteroatoms. The summed E-state index contributed by atoms with van der Waals surface area (Å²) in [6.45, 7) is 10.4. The van der Waals surface area contributed by atoms with Crippen LogP contribution in [0, 0.1) is 0 Å². The van der Waals surface area contributed by atoms with Gasteiger partial charge in [0.05, 0.1) is 11.2 Å². The first-order valence-electron chi connectivity index (χ1n) is 8.75. The number of hydrogen-bond acceptors (Lipinski definition) is 3. The maximum absolute atomic E-state index is 6.22. The van der Waals surface area contributed by atoms with Crippen molar-refractivity contribution in [3.8, 4) is 0 Å². The fraction of sp³-hybridized carbons (Fsp3) is 0.333. The fourth-order valence-corrected chi connectivity index (χ4v) is 4.30. The van der Waals surface area contributed by atoms with Crippen molar-refractivity contribution in [2.45, 2.75) is 45.8 Å². The summed E-state index contributed by atoms with van der Waals surface area (Å²) in [5.41, 5.74) is 1.68. The maximum atomic E-state index is 6.22. The van der Waals surface area contributed by atoms with Crippen LogP contribution in [0.25, 0.3) is 26.2 Å². The molecule has 0 atom stereocenters. The highest BCUT2D eigenvalue weighted by Crippen LogP contribution is 2.38. The van der Waals surface area contributed by atoms with Gasteiger partial charge in [-0.25, -0.2) is 0 Å². The minimum atomic E-state index is -0.317. The number of fused-ring (bicyclic) bond motifs is 3. The van der Waals surface area contributed by atoms with Crippen molar-refractivity contribution >= 4 is 50.2 Å². The SMILES string of the molecule is C/C=C/c1ccc2sc3ccc(B4OC(C)(C)C(C)(C)O4)cc3c2c1. The largest absolute Gasteiger partial charge is 0.494 e. The van der Waals surface area contributed by atoms with E-state index in [1.54, 1.807) is 0 Å². The Morgan fingerprint density at radius 3 is 2.12 bits per heavy atom. The highest BCUT2D eigenvalue weighted by Gasteiger charge is 2.51. The van der Waals surface area contributed by atoms with Crippen molar-refractivity contribution in [2.24, 2.45) is 0 Å². The van der Waals surface area contributed by atoms with Gasteiger partial charge in [0.2, 0.25) is 0 Å². The Morgan fingerprint density at radius 1 is 0.880 bits per heavy atom. The molecule has 2 heterocycles. The molecule has 1 saturated heterocycles. The minimum absolute atomic E-state index is 0.317. The summed E-state index contributed by atoms with van der Waals surface area (Å²) in [5, 5.41) is 2.58. The Hall–Kier alpha value is -1.62. The van der Waals surface area contributed by atoms with Gasteiger partial charge in [-0.15, -0.1) is 11.3 Å². The molecule has 128 valence electrons. The Balaban J connectivity index is 1.82. The van der Waals surface area contributed by atoms with Gasteiger partial charge in [0.15, 0.2) is 0 Å². The van der Waals surface area contributed by atoms with Gasteiger partial charge in [-0.3, -0.25) is 0 Å². The van der Waals surface area contributed by atoms with Crippen LogP contribution in [0.4, 0.5) is 0 Å². The van der Waals surface area contributed by atoms with E-state index in [4.69, 9.17) is 9.31 Å². The van der Waals surface area contributed by atoms with Crippen LogP contribution in [0.2, 0.25) is 0 Å². The van der Waals surface area contributed by atoms with Crippen LogP contribution in [0.15, 0.2) is 42.5 Å². The summed E-state index contributed by atoms with van der Waals surface area (Å²) in [6, 6.07) is 13.2. The second kappa shape index (κ2) is 5.70. The molecule has 0 unspecified atom stereocenters. The van der Waals surface area contributed by atoms with Crippen LogP contribution >= 0.6 is 11.3 Å². The van der Waals surface area contributed by atoms with E-state index >= 15 is 0 Å². The van der Waals surface area contributed by atoms with Crippen LogP contribution in [-0.2, 0) is 9.31 Å². The molecule has 0 N–H and O–H groups in total. The van der Waals surface area contributed by atoms with E-state index in [1.165, 1.54) is 25.7 Å². The van der Waals surface area contributed by atoms with E-state index in [9.17, 15) is 0 Å². The molecule has 0 saturated carbocycles. The molecule has 3 aromatic rings. The normalized spacial score (nSPS) is 19.5. The molecule has 0 spiro atoms. The molecule has 2 aromatic carbocycles. The van der Waals surface area contributed by atoms with Crippen LogP contribution in [0.1, 0.15) is 40.2 Å². The van der Waals surface area contributed by atoms with Gasteiger partial charge in [-0.1, -0.05) is 30.4 Å². The van der Waals surface area contributed by atoms with Gasteiger partial charge >= 0.3 is 7.12 Å². The molecule has 1 aliphatic rings. The lowest BCUT2D eigenvalue weighted by Gasteiger charge is -2.32. The van der Waals surface area contributed by atoms with Crippen molar-refractivity contribution in [2.75, 3.05) is 0 Å². The van der Waals surface area contributed by atoms with Crippen molar-refractivity contribution in [3.63, 3.8) is 0 Å². The van der Waals surface area contributed by atoms with Gasteiger partial charge in [-0.2, -0.15) is 0 Å². The minimum Gasteiger partial charge on any atom is -0.399 e. The molecular weight excluding hydrogens is 327 g/mol. The van der Waals surface area contributed by atoms with Crippen molar-refractivity contribution in [1.82, 2.24) is 0 Å². The number of rotatable bonds is 2. The average Bonchev–Trinajstić information content (AvgIpc) is 3.01. The Labute approximate surface area is 153 Å². The monoisotopic (exact) mass is 350 g/mol. The fourth-order valence-electron chi connectivity index (χ4n) is 3.23. The van der Waals surface area contributed by atoms with Crippen LogP contribution < -0.4 is 5.46 Å². The number of thiophene rings is 1. The smallest absolute Gasteiger partial charge is 0.399 e. The first-order valence-corrected chi connectivity index (χ1v) is 9.57. The zero-order valence-electron chi connectivity index (χ0n) is 15.4. The molecular formula is C21H23BO2S. The highest BCUT2D eigenvalue weighted by atomic mass is 32.1. The lowest BCUT2D eigenvalue weighted by molar-refractivity contribution is 0.00578. The van der Waals surface area contributed by atoms with E-state index in [2.05, 4.69) is 76.2 Å². The Kier molecular flexibility index (Phi) is 3.84. The first kappa shape index (κ1) is 16.8. The second-order valence-corrected chi connectivity index (χ2v) is 8.79. The molecule has 1 fully saturated rings. The van der Waals surface area contributed by atoms with Gasteiger partial charge in [0, 0.05) is 14.8 Å². The summed E-state index contributed by atoms with van der Waals surface area (Å²) < 4.78 is 15.1. The van der Waals surface area contributed by atoms with Crippen LogP contribution in [-0.4, -0.2) is 18.3 Å². The van der Waals surface area contributed by atoms with Crippen molar-refractivity contribution in [3.05, 3.63) is 48.0 Å². The third-order valence-corrected chi connectivity index (χ3v) is 6.55. The molecule has 0 bridgehead atoms. The van der Waals surface area contributed by atoms with Crippen molar-refractivity contribution in [1.29, 1.82) is 0 Å². The third kappa shape index (κ3) is 2.73. The van der Waals surface area contributed by atoms with Crippen LogP contribution in [0.3, 0.4) is 0 Å². The van der Waals surface area contributed by atoms with E-state index in [0.717, 1.165) is 5.46 Å². The second-order valence-electron chi connectivity index (χ2n) is 7.70. The third-order valence-electron chi connectivity index (χ3n) is 5.40. The Bertz CT molecular complexity index is 968. The summed E-state index contributed by atoms with van der Waals surface area (Å²) in [7, 11) is -0.317. The van der Waals surface area contributed by atoms with Crippen molar-refractivity contribution < 1.29 is 9.31 Å². The summed E-state index contributed by atoms with van der Waals surface area (Å²) >= 11 is 1.83. The van der Waals surface area contributed by atoms with E-state index in [1.807, 2.05) is 18.3 Å². The molecule has 0 aliphatic carbocycles. The number of hydrogen-bond donors (Lipinski definition) is 0. The lowest BCUT2D eigenvalue weighted by Crippen LogP contribution is -2.41. The summed E-state index contributed by atoms with van der Waals surface area (Å²) in [4.78, 5) is 0. The predicted octanol–water partition coefficient (Wildman–Crippen LogP) is 5.39. The zero-order valence-corrected chi connectivity index (χ0v) is 16.2. The van der Waals surface area contributed by atoms with Gasteiger partial charge in [0.25, 0.3) is 0 Å². The number of benzene rings is 2. The number of allylic oxidation sites excluding steroid dienone is 1. The topological polar surface area (TPSA) is 18.5 Å². The Morgan fingerprint density at radius 2 is 1.48 bits per heavy atom. The first-order chi connectivity index (χ1) is 11.8. The van der Waals surface area contributed by atoms with E-state index < -0.39 is 0 Å². The summed E-state index contributed by atoms with van der Waals surface area (Å²) in [6.07, 6.45) is 4.21. The van der Waals surface area contributed by atoms with E-state index in [0.29, 0.717) is 0 Å². The molecule has 2 nitrogen and oxygen atoms in total. The molecule has 25 heavy (non-hydrogen) atoms. The van der Waals surface area contributed by atoms with Gasteiger partial charge in [-0.05, 0) is 69.2 Å². The molecule has 0 amide bonds. The molecule has 4 rings (SSSR count).